The van der Waals surface area contributed by atoms with Crippen molar-refractivity contribution in [2.75, 3.05) is 33.2 Å². The normalized spacial score (nSPS) is 24.4. The van der Waals surface area contributed by atoms with Crippen molar-refractivity contribution < 1.29 is 23.5 Å². The molecular formula is C30H35ClFN3O4. The Hall–Kier alpha value is -3.13. The maximum Gasteiger partial charge on any atom is 0.415 e. The van der Waals surface area contributed by atoms with Gasteiger partial charge in [-0.1, -0.05) is 30.7 Å². The fourth-order valence-electron chi connectivity index (χ4n) is 5.90. The van der Waals surface area contributed by atoms with E-state index in [-0.39, 0.29) is 34.8 Å². The number of ether oxygens (including phenoxy) is 1. The van der Waals surface area contributed by atoms with Gasteiger partial charge in [0.15, 0.2) is 0 Å². The van der Waals surface area contributed by atoms with E-state index in [1.54, 1.807) is 11.9 Å². The maximum atomic E-state index is 13.8. The second-order valence-corrected chi connectivity index (χ2v) is 12.1. The molecule has 3 aliphatic rings. The van der Waals surface area contributed by atoms with Crippen molar-refractivity contribution in [3.63, 3.8) is 0 Å². The number of piperidine rings is 1. The van der Waals surface area contributed by atoms with E-state index in [2.05, 4.69) is 0 Å². The van der Waals surface area contributed by atoms with Crippen LogP contribution in [0.2, 0.25) is 5.02 Å². The molecule has 0 N–H and O–H groups in total. The lowest BCUT2D eigenvalue weighted by molar-refractivity contribution is -0.142. The number of benzene rings is 2. The Balaban J connectivity index is 1.32. The van der Waals surface area contributed by atoms with Crippen molar-refractivity contribution in [2.45, 2.75) is 51.0 Å². The average Bonchev–Trinajstić information content (AvgIpc) is 3.59. The molecule has 3 amide bonds. The molecule has 0 spiro atoms. The minimum Gasteiger partial charge on any atom is -0.410 e. The minimum absolute atomic E-state index is 0.0581. The van der Waals surface area contributed by atoms with Crippen LogP contribution in [0, 0.1) is 17.2 Å². The van der Waals surface area contributed by atoms with E-state index < -0.39 is 17.4 Å². The number of likely N-dealkylation sites (N-methyl/N-ethyl adjacent to an activating group) is 1. The number of hydrogen-bond acceptors (Lipinski definition) is 4. The van der Waals surface area contributed by atoms with E-state index in [4.69, 9.17) is 16.3 Å². The Morgan fingerprint density at radius 1 is 0.974 bits per heavy atom. The van der Waals surface area contributed by atoms with Crippen LogP contribution in [0.5, 0.6) is 5.75 Å². The second kappa shape index (κ2) is 10.5. The second-order valence-electron chi connectivity index (χ2n) is 11.7. The van der Waals surface area contributed by atoms with E-state index in [9.17, 15) is 18.8 Å². The molecule has 39 heavy (non-hydrogen) atoms. The lowest BCUT2D eigenvalue weighted by Crippen LogP contribution is -2.53. The molecule has 1 saturated carbocycles. The summed E-state index contributed by atoms with van der Waals surface area (Å²) in [6, 6.07) is 12.8. The minimum atomic E-state index is -0.766. The summed E-state index contributed by atoms with van der Waals surface area (Å²) in [5, 5.41) is 0.608. The third-order valence-corrected chi connectivity index (χ3v) is 9.21. The molecular weight excluding hydrogens is 521 g/mol. The largest absolute Gasteiger partial charge is 0.415 e. The molecule has 2 heterocycles. The molecule has 2 atom stereocenters. The van der Waals surface area contributed by atoms with Gasteiger partial charge in [0, 0.05) is 55.5 Å². The summed E-state index contributed by atoms with van der Waals surface area (Å²) >= 11 is 6.15. The highest BCUT2D eigenvalue weighted by atomic mass is 35.5. The number of carbonyl (C=O) groups excluding carboxylic acids is 3. The van der Waals surface area contributed by atoms with Gasteiger partial charge >= 0.3 is 6.09 Å². The van der Waals surface area contributed by atoms with Gasteiger partial charge in [-0.25, -0.2) is 9.18 Å². The van der Waals surface area contributed by atoms with Gasteiger partial charge in [0.25, 0.3) is 0 Å². The lowest BCUT2D eigenvalue weighted by Gasteiger charge is -2.39. The Kier molecular flexibility index (Phi) is 7.35. The van der Waals surface area contributed by atoms with E-state index in [1.165, 1.54) is 24.3 Å². The van der Waals surface area contributed by atoms with Crippen LogP contribution in [0.4, 0.5) is 9.18 Å². The first kappa shape index (κ1) is 27.4. The van der Waals surface area contributed by atoms with E-state index in [0.717, 1.165) is 18.4 Å². The monoisotopic (exact) mass is 555 g/mol. The number of likely N-dealkylation sites (tertiary alicyclic amines) is 2. The number of nitrogens with zero attached hydrogens (tertiary/aromatic N) is 3. The van der Waals surface area contributed by atoms with Crippen LogP contribution in [0.25, 0.3) is 0 Å². The van der Waals surface area contributed by atoms with Gasteiger partial charge in [0.2, 0.25) is 11.8 Å². The summed E-state index contributed by atoms with van der Waals surface area (Å²) in [5.74, 6) is -0.243. The molecule has 2 saturated heterocycles. The SMILES string of the molecule is CN(C(=O)Oc1ccc(F)cc1)[C@@]1(C)CN(C(=O)C2CCN(C(=O)C3(C)CC3)CC2)C[C@@H]1c1ccc(Cl)cc1. The maximum absolute atomic E-state index is 13.8. The smallest absolute Gasteiger partial charge is 0.410 e. The highest BCUT2D eigenvalue weighted by molar-refractivity contribution is 6.30. The van der Waals surface area contributed by atoms with Gasteiger partial charge < -0.3 is 19.4 Å². The van der Waals surface area contributed by atoms with Crippen LogP contribution < -0.4 is 4.74 Å². The molecule has 0 radical (unpaired) electrons. The fourth-order valence-corrected chi connectivity index (χ4v) is 6.02. The molecule has 5 rings (SSSR count). The topological polar surface area (TPSA) is 70.2 Å². The molecule has 0 bridgehead atoms. The van der Waals surface area contributed by atoms with Crippen molar-refractivity contribution in [3.8, 4) is 5.75 Å². The zero-order valence-corrected chi connectivity index (χ0v) is 23.4. The Labute approximate surface area is 233 Å². The number of hydrogen-bond donors (Lipinski definition) is 0. The molecule has 2 aliphatic heterocycles. The molecule has 2 aromatic rings. The van der Waals surface area contributed by atoms with Gasteiger partial charge in [-0.3, -0.25) is 9.59 Å². The average molecular weight is 556 g/mol. The summed E-state index contributed by atoms with van der Waals surface area (Å²) < 4.78 is 18.9. The molecule has 9 heteroatoms. The summed E-state index contributed by atoms with van der Waals surface area (Å²) in [7, 11) is 1.67. The standard InChI is InChI=1S/C30H35ClFN3O4/c1-29(14-15-29)27(37)34-16-12-21(13-17-34)26(36)35-18-25(20-4-6-22(31)7-5-20)30(2,19-35)33(3)28(38)39-24-10-8-23(32)9-11-24/h4-11,21,25H,12-19H2,1-3H3/t25-,30+/m1/s1. The first-order chi connectivity index (χ1) is 18.5. The number of amides is 3. The van der Waals surface area contributed by atoms with Crippen LogP contribution in [-0.4, -0.2) is 71.4 Å². The number of carbonyl (C=O) groups is 3. The fraction of sp³-hybridized carbons (Fsp3) is 0.500. The lowest BCUT2D eigenvalue weighted by atomic mass is 9.82. The van der Waals surface area contributed by atoms with Crippen molar-refractivity contribution in [1.82, 2.24) is 14.7 Å². The molecule has 3 fully saturated rings. The summed E-state index contributed by atoms with van der Waals surface area (Å²) in [6.07, 6.45) is 2.59. The molecule has 7 nitrogen and oxygen atoms in total. The summed E-state index contributed by atoms with van der Waals surface area (Å²) in [6.45, 7) is 5.96. The van der Waals surface area contributed by atoms with Crippen molar-refractivity contribution >= 4 is 29.5 Å². The van der Waals surface area contributed by atoms with Crippen LogP contribution in [0.15, 0.2) is 48.5 Å². The Morgan fingerprint density at radius 3 is 2.18 bits per heavy atom. The van der Waals surface area contributed by atoms with Crippen LogP contribution in [0.1, 0.15) is 51.0 Å². The Bertz CT molecular complexity index is 1240. The van der Waals surface area contributed by atoms with Gasteiger partial charge in [-0.05, 0) is 74.6 Å². The molecule has 0 aromatic heterocycles. The Morgan fingerprint density at radius 2 is 1.59 bits per heavy atom. The van der Waals surface area contributed by atoms with E-state index >= 15 is 0 Å². The third-order valence-electron chi connectivity index (χ3n) is 8.96. The molecule has 208 valence electrons. The third kappa shape index (κ3) is 5.49. The molecule has 1 aliphatic carbocycles. The quantitative estimate of drug-likeness (QED) is 0.500. The van der Waals surface area contributed by atoms with Crippen molar-refractivity contribution in [1.29, 1.82) is 0 Å². The van der Waals surface area contributed by atoms with Crippen molar-refractivity contribution in [2.24, 2.45) is 11.3 Å². The zero-order valence-electron chi connectivity index (χ0n) is 22.7. The summed E-state index contributed by atoms with van der Waals surface area (Å²) in [4.78, 5) is 45.1. The van der Waals surface area contributed by atoms with Gasteiger partial charge in [-0.15, -0.1) is 0 Å². The van der Waals surface area contributed by atoms with Gasteiger partial charge in [-0.2, -0.15) is 0 Å². The van der Waals surface area contributed by atoms with Crippen molar-refractivity contribution in [3.05, 3.63) is 64.9 Å². The number of halogens is 2. The van der Waals surface area contributed by atoms with Gasteiger partial charge in [0.1, 0.15) is 11.6 Å². The van der Waals surface area contributed by atoms with Crippen LogP contribution in [-0.2, 0) is 9.59 Å². The van der Waals surface area contributed by atoms with Crippen LogP contribution >= 0.6 is 11.6 Å². The van der Waals surface area contributed by atoms with E-state index in [1.807, 2.05) is 47.9 Å². The van der Waals surface area contributed by atoms with E-state index in [0.29, 0.717) is 44.0 Å². The van der Waals surface area contributed by atoms with Gasteiger partial charge in [0.05, 0.1) is 5.54 Å². The zero-order chi connectivity index (χ0) is 27.9. The molecule has 0 unspecified atom stereocenters. The molecule has 2 aromatic carbocycles. The number of rotatable bonds is 5. The highest BCUT2D eigenvalue weighted by Gasteiger charge is 2.52. The summed E-state index contributed by atoms with van der Waals surface area (Å²) in [5.41, 5.74) is 0.00129. The van der Waals surface area contributed by atoms with Crippen LogP contribution in [0.3, 0.4) is 0 Å². The highest BCUT2D eigenvalue weighted by Crippen LogP contribution is 2.47. The predicted molar refractivity (Wildman–Crippen MR) is 146 cm³/mol. The first-order valence-electron chi connectivity index (χ1n) is 13.5. The first-order valence-corrected chi connectivity index (χ1v) is 13.9. The predicted octanol–water partition coefficient (Wildman–Crippen LogP) is 5.33.